The average molecular weight is 375 g/mol. The van der Waals surface area contributed by atoms with Crippen LogP contribution in [0.2, 0.25) is 0 Å². The average Bonchev–Trinajstić information content (AvgIpc) is 2.91. The second-order valence-corrected chi connectivity index (χ2v) is 10.8. The van der Waals surface area contributed by atoms with E-state index >= 15 is 0 Å². The van der Waals surface area contributed by atoms with Crippen LogP contribution in [0.25, 0.3) is 0 Å². The maximum Gasteiger partial charge on any atom is 0.139 e. The highest BCUT2D eigenvalue weighted by Crippen LogP contribution is 2.66. The van der Waals surface area contributed by atoms with Gasteiger partial charge in [0.15, 0.2) is 0 Å². The molecule has 152 valence electrons. The zero-order valence-electron chi connectivity index (χ0n) is 17.7. The van der Waals surface area contributed by atoms with Crippen LogP contribution in [0.1, 0.15) is 79.1 Å². The summed E-state index contributed by atoms with van der Waals surface area (Å²) in [5.74, 6) is 4.12. The molecule has 27 heavy (non-hydrogen) atoms. The smallest absolute Gasteiger partial charge is 0.139 e. The van der Waals surface area contributed by atoms with Gasteiger partial charge in [-0.3, -0.25) is 4.79 Å². The lowest BCUT2D eigenvalue weighted by Crippen LogP contribution is -2.56. The van der Waals surface area contributed by atoms with Crippen molar-refractivity contribution in [2.45, 2.75) is 85.1 Å². The molecule has 0 aliphatic heterocycles. The van der Waals surface area contributed by atoms with Crippen LogP contribution in [-0.4, -0.2) is 24.1 Å². The van der Waals surface area contributed by atoms with E-state index in [1.54, 1.807) is 0 Å². The Kier molecular flexibility index (Phi) is 4.93. The van der Waals surface area contributed by atoms with Gasteiger partial charge in [0.25, 0.3) is 0 Å². The number of nitrogens with two attached hydrogens (primary N) is 1. The van der Waals surface area contributed by atoms with E-state index in [4.69, 9.17) is 10.6 Å². The largest absolute Gasteiger partial charge is 0.394 e. The summed E-state index contributed by atoms with van der Waals surface area (Å²) in [6, 6.07) is 0.0308. The Morgan fingerprint density at radius 2 is 1.96 bits per heavy atom. The summed E-state index contributed by atoms with van der Waals surface area (Å²) in [5.41, 5.74) is 7.39. The minimum absolute atomic E-state index is 0.0157. The van der Waals surface area contributed by atoms with Crippen LogP contribution in [0, 0.1) is 40.4 Å². The molecule has 0 aromatic heterocycles. The van der Waals surface area contributed by atoms with Gasteiger partial charge in [0.05, 0.1) is 5.71 Å². The van der Waals surface area contributed by atoms with E-state index in [0.717, 1.165) is 43.9 Å². The van der Waals surface area contributed by atoms with Crippen molar-refractivity contribution >= 4 is 11.5 Å². The summed E-state index contributed by atoms with van der Waals surface area (Å²) < 4.78 is 0. The highest BCUT2D eigenvalue weighted by molar-refractivity contribution is 5.87. The Labute approximate surface area is 164 Å². The first-order valence-electron chi connectivity index (χ1n) is 11.2. The molecule has 2 N–H and O–H groups in total. The first kappa shape index (κ1) is 19.4. The van der Waals surface area contributed by atoms with E-state index in [-0.39, 0.29) is 11.5 Å². The minimum atomic E-state index is -0.0157. The van der Waals surface area contributed by atoms with Crippen LogP contribution in [-0.2, 0) is 9.63 Å². The standard InChI is InChI=1S/C23H38N2O2/c1-14-11-17-18-5-6-21(26)23(18,4)10-8-19(17)22(3)9-7-16(12-20(14)22)25-27-13-15(2)24/h14-15,17-20H,5-13,24H2,1-4H3/b25-16-/t14-,15?,17-,18-,19-,20?,22+,23-/m0/s1. The number of Topliss-reactive ketones (excluding diaryl/α,β-unsaturated/α-hetero) is 1. The highest BCUT2D eigenvalue weighted by Gasteiger charge is 2.61. The third-order valence-corrected chi connectivity index (χ3v) is 9.11. The maximum atomic E-state index is 12.6. The fraction of sp³-hybridized carbons (Fsp3) is 0.913. The van der Waals surface area contributed by atoms with Crippen molar-refractivity contribution in [3.8, 4) is 0 Å². The Morgan fingerprint density at radius 1 is 1.19 bits per heavy atom. The summed E-state index contributed by atoms with van der Waals surface area (Å²) in [7, 11) is 0. The third-order valence-electron chi connectivity index (χ3n) is 9.11. The highest BCUT2D eigenvalue weighted by atomic mass is 16.6. The molecule has 4 saturated carbocycles. The Bertz CT molecular complexity index is 630. The first-order chi connectivity index (χ1) is 12.8. The first-order valence-corrected chi connectivity index (χ1v) is 11.2. The van der Waals surface area contributed by atoms with E-state index in [0.29, 0.717) is 35.6 Å². The number of hydrogen-bond donors (Lipinski definition) is 1. The molecule has 4 heteroatoms. The molecule has 4 rings (SSSR count). The zero-order chi connectivity index (χ0) is 19.4. The molecule has 0 saturated heterocycles. The van der Waals surface area contributed by atoms with E-state index in [1.807, 2.05) is 6.92 Å². The molecule has 4 aliphatic rings. The molecule has 0 aromatic rings. The predicted molar refractivity (Wildman–Crippen MR) is 108 cm³/mol. The monoisotopic (exact) mass is 374 g/mol. The maximum absolute atomic E-state index is 12.6. The predicted octanol–water partition coefficient (Wildman–Crippen LogP) is 4.56. The molecule has 0 heterocycles. The number of fused-ring (bicyclic) bond motifs is 5. The normalized spacial score (nSPS) is 49.3. The molecule has 0 aromatic carbocycles. The van der Waals surface area contributed by atoms with E-state index in [9.17, 15) is 4.79 Å². The molecule has 4 aliphatic carbocycles. The molecule has 4 fully saturated rings. The fourth-order valence-corrected chi connectivity index (χ4v) is 7.63. The molecule has 0 bridgehead atoms. The Hall–Kier alpha value is -0.900. The summed E-state index contributed by atoms with van der Waals surface area (Å²) in [4.78, 5) is 18.1. The number of oxime groups is 1. The Morgan fingerprint density at radius 3 is 2.70 bits per heavy atom. The van der Waals surface area contributed by atoms with Crippen molar-refractivity contribution in [1.82, 2.24) is 0 Å². The SMILES string of the molecule is CC(N)CO/N=C1/CC[C@@]2(C)C(C1)[C@@H](C)C[C@@H]1[C@@H]2CC[C@]2(C)C(=O)CC[C@@H]12. The number of carbonyl (C=O) groups is 1. The van der Waals surface area contributed by atoms with Crippen molar-refractivity contribution in [1.29, 1.82) is 0 Å². The van der Waals surface area contributed by atoms with Gasteiger partial charge in [0.1, 0.15) is 12.4 Å². The zero-order valence-corrected chi connectivity index (χ0v) is 17.7. The van der Waals surface area contributed by atoms with Crippen molar-refractivity contribution < 1.29 is 9.63 Å². The van der Waals surface area contributed by atoms with E-state index in [1.165, 1.54) is 25.0 Å². The van der Waals surface area contributed by atoms with Gasteiger partial charge in [-0.1, -0.05) is 25.9 Å². The number of ketones is 1. The molecule has 8 atom stereocenters. The second-order valence-electron chi connectivity index (χ2n) is 10.8. The lowest BCUT2D eigenvalue weighted by Gasteiger charge is -2.61. The van der Waals surface area contributed by atoms with Crippen LogP contribution in [0.15, 0.2) is 5.16 Å². The number of carbonyl (C=O) groups excluding carboxylic acids is 1. The molecular weight excluding hydrogens is 336 g/mol. The van der Waals surface area contributed by atoms with Crippen molar-refractivity contribution in [2.24, 2.45) is 51.3 Å². The van der Waals surface area contributed by atoms with Crippen LogP contribution < -0.4 is 5.73 Å². The van der Waals surface area contributed by atoms with Crippen molar-refractivity contribution in [3.05, 3.63) is 0 Å². The van der Waals surface area contributed by atoms with Crippen LogP contribution in [0.5, 0.6) is 0 Å². The van der Waals surface area contributed by atoms with Crippen LogP contribution in [0.3, 0.4) is 0 Å². The number of rotatable bonds is 3. The van der Waals surface area contributed by atoms with Gasteiger partial charge in [-0.05, 0) is 86.9 Å². The molecule has 0 radical (unpaired) electrons. The topological polar surface area (TPSA) is 64.7 Å². The van der Waals surface area contributed by atoms with Gasteiger partial charge < -0.3 is 10.6 Å². The number of hydrogen-bond acceptors (Lipinski definition) is 4. The minimum Gasteiger partial charge on any atom is -0.394 e. The third kappa shape index (κ3) is 3.07. The molecule has 2 unspecified atom stereocenters. The van der Waals surface area contributed by atoms with E-state index < -0.39 is 0 Å². The van der Waals surface area contributed by atoms with Gasteiger partial charge in [-0.15, -0.1) is 0 Å². The quantitative estimate of drug-likeness (QED) is 0.736. The van der Waals surface area contributed by atoms with Crippen molar-refractivity contribution in [3.63, 3.8) is 0 Å². The summed E-state index contributed by atoms with van der Waals surface area (Å²) >= 11 is 0. The van der Waals surface area contributed by atoms with Gasteiger partial charge in [-0.25, -0.2) is 0 Å². The lowest BCUT2D eigenvalue weighted by molar-refractivity contribution is -0.141. The van der Waals surface area contributed by atoms with E-state index in [2.05, 4.69) is 25.9 Å². The van der Waals surface area contributed by atoms with Gasteiger partial charge in [0.2, 0.25) is 0 Å². The Balaban J connectivity index is 1.53. The van der Waals surface area contributed by atoms with Crippen LogP contribution in [0.4, 0.5) is 0 Å². The van der Waals surface area contributed by atoms with Crippen molar-refractivity contribution in [2.75, 3.05) is 6.61 Å². The molecule has 0 spiro atoms. The summed E-state index contributed by atoms with van der Waals surface area (Å²) in [6.07, 6.45) is 8.99. The molecular formula is C23H38N2O2. The fourth-order valence-electron chi connectivity index (χ4n) is 7.63. The lowest BCUT2D eigenvalue weighted by atomic mass is 9.43. The summed E-state index contributed by atoms with van der Waals surface area (Å²) in [5, 5.41) is 4.45. The second kappa shape index (κ2) is 6.86. The van der Waals surface area contributed by atoms with Crippen LogP contribution >= 0.6 is 0 Å². The van der Waals surface area contributed by atoms with Gasteiger partial charge >= 0.3 is 0 Å². The number of nitrogens with zero attached hydrogens (tertiary/aromatic N) is 1. The molecule has 0 amide bonds. The molecule has 4 nitrogen and oxygen atoms in total. The van der Waals surface area contributed by atoms with Gasteiger partial charge in [-0.2, -0.15) is 0 Å². The van der Waals surface area contributed by atoms with Gasteiger partial charge in [0, 0.05) is 17.9 Å². The summed E-state index contributed by atoms with van der Waals surface area (Å²) in [6.45, 7) is 9.74.